The summed E-state index contributed by atoms with van der Waals surface area (Å²) in [6.45, 7) is 9.89. The van der Waals surface area contributed by atoms with Crippen LogP contribution in [-0.2, 0) is 18.4 Å². The van der Waals surface area contributed by atoms with Crippen molar-refractivity contribution < 1.29 is 28.7 Å². The van der Waals surface area contributed by atoms with Gasteiger partial charge in [-0.1, -0.05) is 6.92 Å². The lowest BCUT2D eigenvalue weighted by Crippen LogP contribution is -2.44. The number of carboxylic acid groups (broad SMARTS) is 2. The number of carboxylic acids is 2. The number of nitrogens with zero attached hydrogens (tertiary/aromatic N) is 1. The molecule has 0 spiro atoms. The smallest absolute Gasteiger partial charge is 0.334 e. The first-order chi connectivity index (χ1) is 10.3. The molecule has 0 bridgehead atoms. The van der Waals surface area contributed by atoms with Gasteiger partial charge in [-0.2, -0.15) is 0 Å². The van der Waals surface area contributed by atoms with Crippen molar-refractivity contribution in [2.75, 3.05) is 26.3 Å². The average Bonchev–Trinajstić information content (AvgIpc) is 2.41. The Morgan fingerprint density at radius 3 is 2.05 bits per heavy atom. The standard InChI is InChI=1S/C14H29NO6Si/c1-5-15(12(14(18)19)11-13(16)17)9-8-10-22(4,20-6-2)21-7-3/h12H,5-11H2,1-4H3,(H,16,17)(H,18,19)/t12-/m0/s1. The third-order valence-electron chi connectivity index (χ3n) is 3.48. The quantitative estimate of drug-likeness (QED) is 0.495. The van der Waals surface area contributed by atoms with E-state index in [1.54, 1.807) is 4.90 Å². The normalized spacial score (nSPS) is 13.3. The Morgan fingerprint density at radius 1 is 1.14 bits per heavy atom. The zero-order valence-electron chi connectivity index (χ0n) is 14.0. The predicted molar refractivity (Wildman–Crippen MR) is 85.2 cm³/mol. The molecule has 0 aliphatic rings. The average molecular weight is 335 g/mol. The summed E-state index contributed by atoms with van der Waals surface area (Å²) in [5.41, 5.74) is 0. The van der Waals surface area contributed by atoms with E-state index in [9.17, 15) is 14.7 Å². The maximum Gasteiger partial charge on any atom is 0.334 e. The number of carbonyl (C=O) groups is 2. The highest BCUT2D eigenvalue weighted by Crippen LogP contribution is 2.17. The molecule has 0 saturated carbocycles. The van der Waals surface area contributed by atoms with E-state index in [0.29, 0.717) is 26.3 Å². The van der Waals surface area contributed by atoms with Crippen molar-refractivity contribution in [2.45, 2.75) is 52.2 Å². The van der Waals surface area contributed by atoms with Gasteiger partial charge in [-0.15, -0.1) is 0 Å². The summed E-state index contributed by atoms with van der Waals surface area (Å²) < 4.78 is 11.5. The highest BCUT2D eigenvalue weighted by Gasteiger charge is 2.32. The first kappa shape index (κ1) is 21.0. The Labute approximate surface area is 133 Å². The molecule has 0 saturated heterocycles. The molecule has 0 amide bonds. The van der Waals surface area contributed by atoms with Gasteiger partial charge in [0.15, 0.2) is 0 Å². The topological polar surface area (TPSA) is 96.3 Å². The van der Waals surface area contributed by atoms with E-state index in [1.165, 1.54) is 0 Å². The van der Waals surface area contributed by atoms with Crippen LogP contribution in [0.25, 0.3) is 0 Å². The molecule has 0 aliphatic heterocycles. The van der Waals surface area contributed by atoms with Crippen molar-refractivity contribution in [3.05, 3.63) is 0 Å². The molecule has 0 aromatic carbocycles. The van der Waals surface area contributed by atoms with E-state index in [4.69, 9.17) is 14.0 Å². The number of rotatable bonds is 13. The Kier molecular flexibility index (Phi) is 10.2. The van der Waals surface area contributed by atoms with Crippen LogP contribution in [0.5, 0.6) is 0 Å². The van der Waals surface area contributed by atoms with Gasteiger partial charge in [0, 0.05) is 13.2 Å². The summed E-state index contributed by atoms with van der Waals surface area (Å²) in [5, 5.41) is 18.1. The molecule has 0 unspecified atom stereocenters. The largest absolute Gasteiger partial charge is 0.481 e. The summed E-state index contributed by atoms with van der Waals surface area (Å²) in [6, 6.07) is -0.237. The first-order valence-electron chi connectivity index (χ1n) is 7.76. The fourth-order valence-corrected chi connectivity index (χ4v) is 4.87. The van der Waals surface area contributed by atoms with Gasteiger partial charge in [-0.3, -0.25) is 14.5 Å². The SMILES string of the molecule is CCO[Si](C)(CCCN(CC)[C@@H](CC(=O)O)C(=O)O)OCC. The third-order valence-corrected chi connectivity index (χ3v) is 6.54. The lowest BCUT2D eigenvalue weighted by Gasteiger charge is -2.29. The van der Waals surface area contributed by atoms with Crippen LogP contribution in [0, 0.1) is 0 Å². The Bertz CT molecular complexity index is 346. The maximum atomic E-state index is 11.3. The summed E-state index contributed by atoms with van der Waals surface area (Å²) in [5.74, 6) is -2.20. The van der Waals surface area contributed by atoms with Crippen molar-refractivity contribution in [3.63, 3.8) is 0 Å². The molecular formula is C14H29NO6Si. The molecule has 2 N–H and O–H groups in total. The van der Waals surface area contributed by atoms with Crippen LogP contribution in [0.3, 0.4) is 0 Å². The molecule has 130 valence electrons. The summed E-state index contributed by atoms with van der Waals surface area (Å²) in [4.78, 5) is 23.8. The monoisotopic (exact) mass is 335 g/mol. The highest BCUT2D eigenvalue weighted by molar-refractivity contribution is 6.66. The summed E-state index contributed by atoms with van der Waals surface area (Å²) >= 11 is 0. The van der Waals surface area contributed by atoms with E-state index in [0.717, 1.165) is 12.5 Å². The fourth-order valence-electron chi connectivity index (χ4n) is 2.47. The minimum atomic E-state index is -2.21. The molecule has 0 heterocycles. The number of aliphatic carboxylic acids is 2. The molecule has 0 rings (SSSR count). The second-order valence-electron chi connectivity index (χ2n) is 5.18. The predicted octanol–water partition coefficient (Wildman–Crippen LogP) is 1.77. The summed E-state index contributed by atoms with van der Waals surface area (Å²) in [7, 11) is -2.21. The molecule has 0 radical (unpaired) electrons. The molecular weight excluding hydrogens is 306 g/mol. The molecule has 0 aromatic heterocycles. The lowest BCUT2D eigenvalue weighted by atomic mass is 10.1. The molecule has 0 fully saturated rings. The Morgan fingerprint density at radius 2 is 1.68 bits per heavy atom. The molecule has 7 nitrogen and oxygen atoms in total. The lowest BCUT2D eigenvalue weighted by molar-refractivity contribution is -0.149. The van der Waals surface area contributed by atoms with E-state index >= 15 is 0 Å². The van der Waals surface area contributed by atoms with Crippen molar-refractivity contribution in [1.82, 2.24) is 4.90 Å². The molecule has 0 aromatic rings. The Hall–Kier alpha value is -0.963. The van der Waals surface area contributed by atoms with Gasteiger partial charge < -0.3 is 19.1 Å². The molecule has 22 heavy (non-hydrogen) atoms. The van der Waals surface area contributed by atoms with Crippen molar-refractivity contribution in [1.29, 1.82) is 0 Å². The van der Waals surface area contributed by atoms with Crippen LogP contribution in [0.1, 0.15) is 33.6 Å². The van der Waals surface area contributed by atoms with Crippen molar-refractivity contribution >= 4 is 20.5 Å². The van der Waals surface area contributed by atoms with Crippen molar-refractivity contribution in [3.8, 4) is 0 Å². The summed E-state index contributed by atoms with van der Waals surface area (Å²) in [6.07, 6.45) is 0.328. The van der Waals surface area contributed by atoms with E-state index in [1.807, 2.05) is 27.3 Å². The third kappa shape index (κ3) is 7.88. The van der Waals surface area contributed by atoms with Crippen LogP contribution in [-0.4, -0.2) is 68.0 Å². The Balaban J connectivity index is 4.60. The van der Waals surface area contributed by atoms with E-state index in [-0.39, 0.29) is 0 Å². The van der Waals surface area contributed by atoms with Gasteiger partial charge in [-0.25, -0.2) is 0 Å². The van der Waals surface area contributed by atoms with Gasteiger partial charge in [-0.05, 0) is 45.9 Å². The van der Waals surface area contributed by atoms with Gasteiger partial charge in [0.05, 0.1) is 6.42 Å². The number of hydrogen-bond acceptors (Lipinski definition) is 5. The van der Waals surface area contributed by atoms with Gasteiger partial charge in [0.25, 0.3) is 0 Å². The first-order valence-corrected chi connectivity index (χ1v) is 10.3. The van der Waals surface area contributed by atoms with Crippen LogP contribution in [0.4, 0.5) is 0 Å². The molecule has 8 heteroatoms. The minimum absolute atomic E-state index is 0.394. The molecule has 0 aliphatic carbocycles. The van der Waals surface area contributed by atoms with Crippen LogP contribution in [0.2, 0.25) is 12.6 Å². The fraction of sp³-hybridized carbons (Fsp3) is 0.857. The number of hydrogen-bond donors (Lipinski definition) is 2. The minimum Gasteiger partial charge on any atom is -0.481 e. The zero-order chi connectivity index (χ0) is 17.2. The van der Waals surface area contributed by atoms with Crippen LogP contribution in [0.15, 0.2) is 0 Å². The number of likely N-dealkylation sites (N-methyl/N-ethyl adjacent to an activating group) is 1. The van der Waals surface area contributed by atoms with E-state index in [2.05, 4.69) is 0 Å². The van der Waals surface area contributed by atoms with Gasteiger partial charge in [0.1, 0.15) is 6.04 Å². The molecule has 1 atom stereocenters. The van der Waals surface area contributed by atoms with Crippen LogP contribution < -0.4 is 0 Å². The highest BCUT2D eigenvalue weighted by atomic mass is 28.4. The maximum absolute atomic E-state index is 11.3. The zero-order valence-corrected chi connectivity index (χ0v) is 15.0. The second-order valence-corrected chi connectivity index (χ2v) is 8.53. The van der Waals surface area contributed by atoms with Crippen molar-refractivity contribution in [2.24, 2.45) is 0 Å². The van der Waals surface area contributed by atoms with Gasteiger partial charge >= 0.3 is 20.5 Å². The van der Waals surface area contributed by atoms with Gasteiger partial charge in [0.2, 0.25) is 0 Å². The van der Waals surface area contributed by atoms with Crippen LogP contribution >= 0.6 is 0 Å². The van der Waals surface area contributed by atoms with E-state index < -0.39 is 33.0 Å². The second kappa shape index (κ2) is 10.7.